The van der Waals surface area contributed by atoms with Crippen molar-refractivity contribution < 1.29 is 0 Å². The van der Waals surface area contributed by atoms with Crippen LogP contribution >= 0.6 is 0 Å². The van der Waals surface area contributed by atoms with Crippen molar-refractivity contribution in [2.24, 2.45) is 17.8 Å². The summed E-state index contributed by atoms with van der Waals surface area (Å²) in [5, 5.41) is 7.30. The normalized spacial score (nSPS) is 51.5. The standard InChI is InChI=1S/C11H22N2/c1-7-6-10-11(9(3)8(7)2)13-5-4-12-10/h7-13H,4-6H2,1-3H3. The molecule has 0 radical (unpaired) electrons. The van der Waals surface area contributed by atoms with Crippen LogP contribution in [0.5, 0.6) is 0 Å². The SMILES string of the molecule is CC1CC2NCCNC2C(C)C1C. The first-order valence-electron chi connectivity index (χ1n) is 5.67. The Morgan fingerprint density at radius 2 is 1.62 bits per heavy atom. The van der Waals surface area contributed by atoms with Gasteiger partial charge in [-0.3, -0.25) is 0 Å². The van der Waals surface area contributed by atoms with Gasteiger partial charge in [0.25, 0.3) is 0 Å². The zero-order valence-corrected chi connectivity index (χ0v) is 9.01. The lowest BCUT2D eigenvalue weighted by atomic mass is 9.69. The lowest BCUT2D eigenvalue weighted by Crippen LogP contribution is -2.62. The molecule has 13 heavy (non-hydrogen) atoms. The van der Waals surface area contributed by atoms with E-state index in [-0.39, 0.29) is 0 Å². The zero-order valence-electron chi connectivity index (χ0n) is 9.01. The maximum atomic E-state index is 3.66. The van der Waals surface area contributed by atoms with Crippen LogP contribution in [0.2, 0.25) is 0 Å². The van der Waals surface area contributed by atoms with Crippen LogP contribution in [0.4, 0.5) is 0 Å². The average Bonchev–Trinajstić information content (AvgIpc) is 2.15. The molecule has 0 spiro atoms. The summed E-state index contributed by atoms with van der Waals surface area (Å²) in [5.41, 5.74) is 0. The van der Waals surface area contributed by atoms with Crippen LogP contribution in [0.3, 0.4) is 0 Å². The number of piperazine rings is 1. The van der Waals surface area contributed by atoms with Crippen LogP contribution in [0, 0.1) is 17.8 Å². The molecular formula is C11H22N2. The predicted octanol–water partition coefficient (Wildman–Crippen LogP) is 1.23. The zero-order chi connectivity index (χ0) is 9.42. The monoisotopic (exact) mass is 182 g/mol. The van der Waals surface area contributed by atoms with E-state index in [1.807, 2.05) is 0 Å². The molecule has 2 heteroatoms. The third-order valence-corrected chi connectivity index (χ3v) is 4.26. The molecule has 1 saturated heterocycles. The second-order valence-electron chi connectivity index (χ2n) is 4.97. The highest BCUT2D eigenvalue weighted by molar-refractivity contribution is 4.97. The van der Waals surface area contributed by atoms with E-state index in [2.05, 4.69) is 31.4 Å². The highest BCUT2D eigenvalue weighted by Gasteiger charge is 2.39. The minimum atomic E-state index is 0.722. The number of rotatable bonds is 0. The molecule has 5 unspecified atom stereocenters. The Bertz CT molecular complexity index is 179. The molecular weight excluding hydrogens is 160 g/mol. The van der Waals surface area contributed by atoms with Gasteiger partial charge in [-0.25, -0.2) is 0 Å². The maximum Gasteiger partial charge on any atom is 0.0250 e. The Morgan fingerprint density at radius 3 is 2.38 bits per heavy atom. The number of fused-ring (bicyclic) bond motifs is 1. The van der Waals surface area contributed by atoms with Crippen LogP contribution in [-0.2, 0) is 0 Å². The van der Waals surface area contributed by atoms with E-state index >= 15 is 0 Å². The number of hydrogen-bond donors (Lipinski definition) is 2. The van der Waals surface area contributed by atoms with Crippen molar-refractivity contribution in [2.75, 3.05) is 13.1 Å². The summed E-state index contributed by atoms with van der Waals surface area (Å²) in [7, 11) is 0. The van der Waals surface area contributed by atoms with Gasteiger partial charge in [-0.15, -0.1) is 0 Å². The van der Waals surface area contributed by atoms with Crippen LogP contribution in [-0.4, -0.2) is 25.2 Å². The fraction of sp³-hybridized carbons (Fsp3) is 1.00. The molecule has 1 aliphatic carbocycles. The van der Waals surface area contributed by atoms with Crippen molar-refractivity contribution in [2.45, 2.75) is 39.3 Å². The Hall–Kier alpha value is -0.0800. The Morgan fingerprint density at radius 1 is 0.923 bits per heavy atom. The van der Waals surface area contributed by atoms with E-state index in [4.69, 9.17) is 0 Å². The predicted molar refractivity (Wildman–Crippen MR) is 55.7 cm³/mol. The first-order valence-corrected chi connectivity index (χ1v) is 5.67. The summed E-state index contributed by atoms with van der Waals surface area (Å²) < 4.78 is 0. The van der Waals surface area contributed by atoms with Gasteiger partial charge in [0.2, 0.25) is 0 Å². The quantitative estimate of drug-likeness (QED) is 0.589. The molecule has 1 heterocycles. The maximum absolute atomic E-state index is 3.66. The number of hydrogen-bond acceptors (Lipinski definition) is 2. The third kappa shape index (κ3) is 1.62. The molecule has 2 N–H and O–H groups in total. The van der Waals surface area contributed by atoms with Crippen molar-refractivity contribution in [1.29, 1.82) is 0 Å². The molecule has 1 aliphatic heterocycles. The topological polar surface area (TPSA) is 24.1 Å². The molecule has 2 fully saturated rings. The largest absolute Gasteiger partial charge is 0.311 e. The highest BCUT2D eigenvalue weighted by atomic mass is 15.1. The first-order chi connectivity index (χ1) is 6.20. The van der Waals surface area contributed by atoms with Gasteiger partial charge in [-0.05, 0) is 24.2 Å². The van der Waals surface area contributed by atoms with Crippen molar-refractivity contribution in [3.8, 4) is 0 Å². The van der Waals surface area contributed by atoms with Gasteiger partial charge in [0.15, 0.2) is 0 Å². The van der Waals surface area contributed by atoms with Crippen molar-refractivity contribution in [1.82, 2.24) is 10.6 Å². The van der Waals surface area contributed by atoms with Crippen LogP contribution in [0.15, 0.2) is 0 Å². The molecule has 0 aromatic heterocycles. The molecule has 2 nitrogen and oxygen atoms in total. The molecule has 2 aliphatic rings. The molecule has 0 bridgehead atoms. The summed E-state index contributed by atoms with van der Waals surface area (Å²) in [6.07, 6.45) is 1.35. The summed E-state index contributed by atoms with van der Waals surface area (Å²) in [6, 6.07) is 1.45. The van der Waals surface area contributed by atoms with Crippen molar-refractivity contribution >= 4 is 0 Å². The Balaban J connectivity index is 2.08. The molecule has 2 rings (SSSR count). The Labute approximate surface area is 81.5 Å². The third-order valence-electron chi connectivity index (χ3n) is 4.26. The molecule has 1 saturated carbocycles. The highest BCUT2D eigenvalue weighted by Crippen LogP contribution is 2.35. The van der Waals surface area contributed by atoms with Crippen molar-refractivity contribution in [3.05, 3.63) is 0 Å². The second-order valence-corrected chi connectivity index (χ2v) is 4.97. The van der Waals surface area contributed by atoms with Gasteiger partial charge in [0.1, 0.15) is 0 Å². The minimum absolute atomic E-state index is 0.722. The summed E-state index contributed by atoms with van der Waals surface area (Å²) in [4.78, 5) is 0. The fourth-order valence-electron chi connectivity index (χ4n) is 3.01. The smallest absolute Gasteiger partial charge is 0.0250 e. The second kappa shape index (κ2) is 3.58. The van der Waals surface area contributed by atoms with Crippen LogP contribution in [0.1, 0.15) is 27.2 Å². The molecule has 0 aromatic rings. The van der Waals surface area contributed by atoms with E-state index in [1.54, 1.807) is 0 Å². The van der Waals surface area contributed by atoms with E-state index in [0.717, 1.165) is 42.9 Å². The minimum Gasteiger partial charge on any atom is -0.311 e. The summed E-state index contributed by atoms with van der Waals surface area (Å²) >= 11 is 0. The first kappa shape index (κ1) is 9.47. The van der Waals surface area contributed by atoms with E-state index < -0.39 is 0 Å². The van der Waals surface area contributed by atoms with Gasteiger partial charge in [0, 0.05) is 25.2 Å². The summed E-state index contributed by atoms with van der Waals surface area (Å²) in [5.74, 6) is 2.57. The van der Waals surface area contributed by atoms with Crippen molar-refractivity contribution in [3.63, 3.8) is 0 Å². The molecule has 0 aromatic carbocycles. The molecule has 0 amide bonds. The van der Waals surface area contributed by atoms with Gasteiger partial charge in [-0.2, -0.15) is 0 Å². The molecule has 76 valence electrons. The molecule has 5 atom stereocenters. The Kier molecular flexibility index (Phi) is 2.61. The van der Waals surface area contributed by atoms with Gasteiger partial charge in [0.05, 0.1) is 0 Å². The van der Waals surface area contributed by atoms with Gasteiger partial charge in [-0.1, -0.05) is 20.8 Å². The fourth-order valence-corrected chi connectivity index (χ4v) is 3.01. The van der Waals surface area contributed by atoms with Gasteiger partial charge < -0.3 is 10.6 Å². The van der Waals surface area contributed by atoms with Crippen LogP contribution in [0.25, 0.3) is 0 Å². The summed E-state index contributed by atoms with van der Waals surface area (Å²) in [6.45, 7) is 9.50. The lowest BCUT2D eigenvalue weighted by Gasteiger charge is -2.47. The van der Waals surface area contributed by atoms with Crippen LogP contribution < -0.4 is 10.6 Å². The number of nitrogens with one attached hydrogen (secondary N) is 2. The van der Waals surface area contributed by atoms with Gasteiger partial charge >= 0.3 is 0 Å². The van der Waals surface area contributed by atoms with E-state index in [1.165, 1.54) is 6.42 Å². The lowest BCUT2D eigenvalue weighted by molar-refractivity contribution is 0.0961. The van der Waals surface area contributed by atoms with E-state index in [9.17, 15) is 0 Å². The van der Waals surface area contributed by atoms with E-state index in [0.29, 0.717) is 0 Å². The average molecular weight is 182 g/mol.